The molecule has 0 radical (unpaired) electrons. The van der Waals surface area contributed by atoms with Gasteiger partial charge in [-0.3, -0.25) is 0 Å². The smallest absolute Gasteiger partial charge is 0.123 e. The second-order valence-electron chi connectivity index (χ2n) is 5.80. The molecule has 2 N–H and O–H groups in total. The summed E-state index contributed by atoms with van der Waals surface area (Å²) in [5, 5.41) is 13.2. The molecule has 1 fully saturated rings. The molecule has 0 amide bonds. The number of nitrogens with one attached hydrogen (secondary N) is 1. The van der Waals surface area contributed by atoms with E-state index in [9.17, 15) is 9.50 Å². The lowest BCUT2D eigenvalue weighted by atomic mass is 9.75. The zero-order valence-electron chi connectivity index (χ0n) is 11.7. The normalized spacial score (nSPS) is 27.2. The third kappa shape index (κ3) is 3.69. The summed E-state index contributed by atoms with van der Waals surface area (Å²) >= 11 is 0. The fourth-order valence-corrected chi connectivity index (χ4v) is 3.09. The Kier molecular flexibility index (Phi) is 4.81. The third-order valence-electron chi connectivity index (χ3n) is 4.32. The van der Waals surface area contributed by atoms with Crippen molar-refractivity contribution in [3.8, 4) is 0 Å². The zero-order valence-corrected chi connectivity index (χ0v) is 11.7. The van der Waals surface area contributed by atoms with Crippen molar-refractivity contribution in [2.75, 3.05) is 11.9 Å². The molecular formula is C16H24FNO. The predicted molar refractivity (Wildman–Crippen MR) is 76.7 cm³/mol. The first-order chi connectivity index (χ1) is 9.17. The van der Waals surface area contributed by atoms with E-state index >= 15 is 0 Å². The SMILES string of the molecule is CCCC1CCC(CO)(Nc2ccc(F)cc2)CC1. The highest BCUT2D eigenvalue weighted by molar-refractivity contribution is 5.45. The van der Waals surface area contributed by atoms with Crippen molar-refractivity contribution < 1.29 is 9.50 Å². The van der Waals surface area contributed by atoms with Crippen molar-refractivity contribution in [3.05, 3.63) is 30.1 Å². The number of aliphatic hydroxyl groups is 1. The van der Waals surface area contributed by atoms with Crippen molar-refractivity contribution in [3.63, 3.8) is 0 Å². The molecule has 19 heavy (non-hydrogen) atoms. The van der Waals surface area contributed by atoms with Gasteiger partial charge in [-0.15, -0.1) is 0 Å². The van der Waals surface area contributed by atoms with Gasteiger partial charge in [0.05, 0.1) is 12.1 Å². The molecule has 1 aromatic carbocycles. The van der Waals surface area contributed by atoms with Crippen molar-refractivity contribution >= 4 is 5.69 Å². The van der Waals surface area contributed by atoms with Crippen LogP contribution in [-0.4, -0.2) is 17.3 Å². The van der Waals surface area contributed by atoms with Crippen LogP contribution in [0.5, 0.6) is 0 Å². The summed E-state index contributed by atoms with van der Waals surface area (Å²) in [4.78, 5) is 0. The van der Waals surface area contributed by atoms with Gasteiger partial charge in [0.1, 0.15) is 5.82 Å². The average Bonchev–Trinajstić information content (AvgIpc) is 2.44. The molecule has 1 saturated carbocycles. The quantitative estimate of drug-likeness (QED) is 0.844. The van der Waals surface area contributed by atoms with Gasteiger partial charge in [0.15, 0.2) is 0 Å². The number of hydrogen-bond acceptors (Lipinski definition) is 2. The molecule has 0 aliphatic heterocycles. The fraction of sp³-hybridized carbons (Fsp3) is 0.625. The Balaban J connectivity index is 1.98. The molecule has 0 spiro atoms. The summed E-state index contributed by atoms with van der Waals surface area (Å²) in [5.41, 5.74) is 0.673. The monoisotopic (exact) mass is 265 g/mol. The lowest BCUT2D eigenvalue weighted by molar-refractivity contribution is 0.148. The molecule has 106 valence electrons. The molecule has 1 aromatic rings. The first-order valence-electron chi connectivity index (χ1n) is 7.32. The molecule has 3 heteroatoms. The highest BCUT2D eigenvalue weighted by Gasteiger charge is 2.34. The van der Waals surface area contributed by atoms with Crippen molar-refractivity contribution in [1.29, 1.82) is 0 Å². The molecule has 2 nitrogen and oxygen atoms in total. The Morgan fingerprint density at radius 2 is 1.89 bits per heavy atom. The second-order valence-corrected chi connectivity index (χ2v) is 5.80. The molecule has 0 saturated heterocycles. The molecule has 1 aliphatic carbocycles. The highest BCUT2D eigenvalue weighted by atomic mass is 19.1. The average molecular weight is 265 g/mol. The van der Waals surface area contributed by atoms with Gasteiger partial charge in [0.2, 0.25) is 0 Å². The van der Waals surface area contributed by atoms with Crippen molar-refractivity contribution in [2.45, 2.75) is 51.0 Å². The number of benzene rings is 1. The molecule has 2 rings (SSSR count). The molecule has 0 unspecified atom stereocenters. The summed E-state index contributed by atoms with van der Waals surface area (Å²) in [6, 6.07) is 6.39. The minimum Gasteiger partial charge on any atom is -0.394 e. The van der Waals surface area contributed by atoms with E-state index < -0.39 is 0 Å². The van der Waals surface area contributed by atoms with Crippen LogP contribution >= 0.6 is 0 Å². The van der Waals surface area contributed by atoms with Crippen LogP contribution in [0.25, 0.3) is 0 Å². The maximum atomic E-state index is 12.9. The molecular weight excluding hydrogens is 241 g/mol. The number of aliphatic hydroxyl groups excluding tert-OH is 1. The summed E-state index contributed by atoms with van der Waals surface area (Å²) in [5.74, 6) is 0.579. The largest absolute Gasteiger partial charge is 0.394 e. The van der Waals surface area contributed by atoms with Gasteiger partial charge < -0.3 is 10.4 Å². The first kappa shape index (κ1) is 14.3. The van der Waals surface area contributed by atoms with E-state index in [2.05, 4.69) is 12.2 Å². The second kappa shape index (κ2) is 6.38. The Labute approximate surface area is 115 Å². The number of halogens is 1. The van der Waals surface area contributed by atoms with Gasteiger partial charge in [0, 0.05) is 5.69 Å². The van der Waals surface area contributed by atoms with Crippen LogP contribution in [0.4, 0.5) is 10.1 Å². The Morgan fingerprint density at radius 3 is 2.42 bits per heavy atom. The molecule has 0 atom stereocenters. The van der Waals surface area contributed by atoms with Gasteiger partial charge in [-0.25, -0.2) is 4.39 Å². The summed E-state index contributed by atoms with van der Waals surface area (Å²) < 4.78 is 12.9. The van der Waals surface area contributed by atoms with Crippen LogP contribution in [0, 0.1) is 11.7 Å². The number of hydrogen-bond donors (Lipinski definition) is 2. The molecule has 0 heterocycles. The van der Waals surface area contributed by atoms with Crippen molar-refractivity contribution in [2.24, 2.45) is 5.92 Å². The molecule has 1 aliphatic rings. The maximum absolute atomic E-state index is 12.9. The standard InChI is InChI=1S/C16H24FNO/c1-2-3-13-8-10-16(12-19,11-9-13)18-15-6-4-14(17)5-7-15/h4-7,13,18-19H,2-3,8-12H2,1H3. The Morgan fingerprint density at radius 1 is 1.26 bits per heavy atom. The maximum Gasteiger partial charge on any atom is 0.123 e. The molecule has 0 bridgehead atoms. The first-order valence-corrected chi connectivity index (χ1v) is 7.32. The lowest BCUT2D eigenvalue weighted by Crippen LogP contribution is -2.45. The van der Waals surface area contributed by atoms with Gasteiger partial charge in [0.25, 0.3) is 0 Å². The van der Waals surface area contributed by atoms with E-state index in [0.717, 1.165) is 24.4 Å². The van der Waals surface area contributed by atoms with E-state index in [1.165, 1.54) is 37.8 Å². The summed E-state index contributed by atoms with van der Waals surface area (Å²) in [7, 11) is 0. The topological polar surface area (TPSA) is 32.3 Å². The zero-order chi connectivity index (χ0) is 13.7. The van der Waals surface area contributed by atoms with E-state index in [-0.39, 0.29) is 18.0 Å². The highest BCUT2D eigenvalue weighted by Crippen LogP contribution is 2.36. The van der Waals surface area contributed by atoms with E-state index in [0.29, 0.717) is 0 Å². The van der Waals surface area contributed by atoms with Gasteiger partial charge >= 0.3 is 0 Å². The Hall–Kier alpha value is -1.09. The van der Waals surface area contributed by atoms with Crippen LogP contribution < -0.4 is 5.32 Å². The van der Waals surface area contributed by atoms with Gasteiger partial charge in [-0.2, -0.15) is 0 Å². The summed E-state index contributed by atoms with van der Waals surface area (Å²) in [6.45, 7) is 2.37. The number of anilines is 1. The van der Waals surface area contributed by atoms with E-state index in [4.69, 9.17) is 0 Å². The van der Waals surface area contributed by atoms with Crippen LogP contribution in [0.2, 0.25) is 0 Å². The van der Waals surface area contributed by atoms with E-state index in [1.54, 1.807) is 12.1 Å². The van der Waals surface area contributed by atoms with Crippen LogP contribution in [0.1, 0.15) is 45.4 Å². The van der Waals surface area contributed by atoms with E-state index in [1.807, 2.05) is 0 Å². The minimum atomic E-state index is -0.227. The van der Waals surface area contributed by atoms with Crippen LogP contribution in [0.15, 0.2) is 24.3 Å². The lowest BCUT2D eigenvalue weighted by Gasteiger charge is -2.40. The van der Waals surface area contributed by atoms with Crippen LogP contribution in [0.3, 0.4) is 0 Å². The van der Waals surface area contributed by atoms with Gasteiger partial charge in [-0.1, -0.05) is 19.8 Å². The van der Waals surface area contributed by atoms with Gasteiger partial charge in [-0.05, 0) is 55.9 Å². The minimum absolute atomic E-state index is 0.142. The Bertz CT molecular complexity index is 382. The fourth-order valence-electron chi connectivity index (χ4n) is 3.09. The number of rotatable bonds is 5. The van der Waals surface area contributed by atoms with Crippen molar-refractivity contribution in [1.82, 2.24) is 0 Å². The van der Waals surface area contributed by atoms with Crippen LogP contribution in [-0.2, 0) is 0 Å². The summed E-state index contributed by atoms with van der Waals surface area (Å²) in [6.07, 6.45) is 6.85. The molecule has 0 aromatic heterocycles. The third-order valence-corrected chi connectivity index (χ3v) is 4.32. The predicted octanol–water partition coefficient (Wildman–Crippen LogP) is 3.96.